The maximum atomic E-state index is 13.3. The minimum atomic E-state index is -4.48. The summed E-state index contributed by atoms with van der Waals surface area (Å²) in [6.07, 6.45) is -2.90. The summed E-state index contributed by atoms with van der Waals surface area (Å²) >= 11 is 5.75. The highest BCUT2D eigenvalue weighted by Crippen LogP contribution is 2.34. The van der Waals surface area contributed by atoms with Crippen LogP contribution in [0.5, 0.6) is 0 Å². The van der Waals surface area contributed by atoms with E-state index in [0.29, 0.717) is 21.7 Å². The fourth-order valence-corrected chi connectivity index (χ4v) is 4.63. The van der Waals surface area contributed by atoms with Gasteiger partial charge < -0.3 is 0 Å². The van der Waals surface area contributed by atoms with Crippen molar-refractivity contribution < 1.29 is 18.0 Å². The van der Waals surface area contributed by atoms with Gasteiger partial charge in [-0.25, -0.2) is 4.98 Å². The van der Waals surface area contributed by atoms with Crippen molar-refractivity contribution in [1.82, 2.24) is 19.7 Å². The molecule has 6 nitrogen and oxygen atoms in total. The molecule has 170 valence electrons. The van der Waals surface area contributed by atoms with Crippen LogP contribution in [0.25, 0.3) is 16.9 Å². The normalized spacial score (nSPS) is 11.5. The molecule has 0 radical (unpaired) electrons. The van der Waals surface area contributed by atoms with Gasteiger partial charge in [0.25, 0.3) is 0 Å². The van der Waals surface area contributed by atoms with Crippen LogP contribution in [0.1, 0.15) is 10.6 Å². The van der Waals surface area contributed by atoms with Crippen LogP contribution in [0.15, 0.2) is 64.4 Å². The zero-order chi connectivity index (χ0) is 23.6. The van der Waals surface area contributed by atoms with Crippen molar-refractivity contribution in [3.63, 3.8) is 0 Å². The molecule has 0 saturated heterocycles. The van der Waals surface area contributed by atoms with Crippen molar-refractivity contribution in [1.29, 1.82) is 0 Å². The molecule has 4 rings (SSSR count). The highest BCUT2D eigenvalue weighted by molar-refractivity contribution is 9.10. The van der Waals surface area contributed by atoms with Crippen LogP contribution in [0.4, 0.5) is 18.3 Å². The average Bonchev–Trinajstić information content (AvgIpc) is 3.38. The van der Waals surface area contributed by atoms with E-state index in [1.54, 1.807) is 23.8 Å². The van der Waals surface area contributed by atoms with Gasteiger partial charge in [-0.2, -0.15) is 13.2 Å². The standard InChI is InChI=1S/C21H15BrF3N5OS2/c1-12-28-29-19(33-12)27-18(31)11-32-20-26-10-17(13-5-7-15(22)8-6-13)30(20)16-4-2-3-14(9-16)21(23,24)25/h2-10H,11H2,1H3,(H,27,29,31). The summed E-state index contributed by atoms with van der Waals surface area (Å²) in [5.41, 5.74) is 0.895. The van der Waals surface area contributed by atoms with Crippen molar-refractivity contribution >= 4 is 50.1 Å². The zero-order valence-electron chi connectivity index (χ0n) is 16.9. The molecule has 2 aromatic heterocycles. The molecule has 0 aliphatic heterocycles. The van der Waals surface area contributed by atoms with E-state index >= 15 is 0 Å². The molecule has 2 heterocycles. The Bertz CT molecular complexity index is 1290. The molecule has 0 atom stereocenters. The van der Waals surface area contributed by atoms with Crippen LogP contribution in [0, 0.1) is 6.92 Å². The Morgan fingerprint density at radius 3 is 2.61 bits per heavy atom. The van der Waals surface area contributed by atoms with Crippen LogP contribution in [0.3, 0.4) is 0 Å². The third-order valence-electron chi connectivity index (χ3n) is 4.41. The largest absolute Gasteiger partial charge is 0.416 e. The summed E-state index contributed by atoms with van der Waals surface area (Å²) in [7, 11) is 0. The summed E-state index contributed by atoms with van der Waals surface area (Å²) in [5, 5.41) is 11.9. The van der Waals surface area contributed by atoms with Gasteiger partial charge in [-0.3, -0.25) is 14.7 Å². The Morgan fingerprint density at radius 1 is 1.18 bits per heavy atom. The topological polar surface area (TPSA) is 72.7 Å². The summed E-state index contributed by atoms with van der Waals surface area (Å²) in [4.78, 5) is 16.8. The van der Waals surface area contributed by atoms with Crippen LogP contribution < -0.4 is 5.32 Å². The van der Waals surface area contributed by atoms with Crippen molar-refractivity contribution in [2.24, 2.45) is 0 Å². The first-order valence-corrected chi connectivity index (χ1v) is 12.0. The Balaban J connectivity index is 1.67. The Hall–Kier alpha value is -2.70. The molecule has 12 heteroatoms. The van der Waals surface area contributed by atoms with Gasteiger partial charge in [0, 0.05) is 15.7 Å². The van der Waals surface area contributed by atoms with E-state index in [9.17, 15) is 18.0 Å². The van der Waals surface area contributed by atoms with Gasteiger partial charge in [-0.15, -0.1) is 10.2 Å². The number of carbonyl (C=O) groups excluding carboxylic acids is 1. The number of carbonyl (C=O) groups is 1. The molecule has 0 aliphatic carbocycles. The number of thioether (sulfide) groups is 1. The number of hydrogen-bond acceptors (Lipinski definition) is 6. The van der Waals surface area contributed by atoms with Gasteiger partial charge in [0.15, 0.2) is 5.16 Å². The van der Waals surface area contributed by atoms with Gasteiger partial charge in [0.2, 0.25) is 11.0 Å². The van der Waals surface area contributed by atoms with Crippen molar-refractivity contribution in [3.05, 3.63) is 69.8 Å². The predicted molar refractivity (Wildman–Crippen MR) is 126 cm³/mol. The first kappa shape index (κ1) is 23.5. The molecule has 0 unspecified atom stereocenters. The van der Waals surface area contributed by atoms with Crippen molar-refractivity contribution in [2.75, 3.05) is 11.1 Å². The quantitative estimate of drug-likeness (QED) is 0.287. The molecule has 0 saturated carbocycles. The number of alkyl halides is 3. The van der Waals surface area contributed by atoms with E-state index in [2.05, 4.69) is 36.4 Å². The number of rotatable bonds is 6. The van der Waals surface area contributed by atoms with Crippen LogP contribution in [-0.2, 0) is 11.0 Å². The highest BCUT2D eigenvalue weighted by Gasteiger charge is 2.31. The second kappa shape index (κ2) is 9.65. The fourth-order valence-electron chi connectivity index (χ4n) is 2.96. The molecule has 0 bridgehead atoms. The first-order valence-electron chi connectivity index (χ1n) is 9.45. The number of anilines is 1. The van der Waals surface area contributed by atoms with E-state index in [4.69, 9.17) is 0 Å². The summed E-state index contributed by atoms with van der Waals surface area (Å²) in [6, 6.07) is 12.4. The molecular formula is C21H15BrF3N5OS2. The monoisotopic (exact) mass is 553 g/mol. The van der Waals surface area contributed by atoms with E-state index in [1.807, 2.05) is 24.3 Å². The Morgan fingerprint density at radius 2 is 1.94 bits per heavy atom. The minimum absolute atomic E-state index is 0.00558. The third kappa shape index (κ3) is 5.63. The molecule has 33 heavy (non-hydrogen) atoms. The molecular weight excluding hydrogens is 539 g/mol. The van der Waals surface area contributed by atoms with Gasteiger partial charge in [-0.05, 0) is 37.3 Å². The van der Waals surface area contributed by atoms with Crippen LogP contribution in [0.2, 0.25) is 0 Å². The van der Waals surface area contributed by atoms with Crippen LogP contribution >= 0.6 is 39.0 Å². The summed E-state index contributed by atoms with van der Waals surface area (Å²) in [6.45, 7) is 1.78. The second-order valence-electron chi connectivity index (χ2n) is 6.78. The lowest BCUT2D eigenvalue weighted by Gasteiger charge is -2.14. The number of nitrogens with zero attached hydrogens (tertiary/aromatic N) is 4. The SMILES string of the molecule is Cc1nnc(NC(=O)CSc2ncc(-c3ccc(Br)cc3)n2-c2cccc(C(F)(F)F)c2)s1. The number of amides is 1. The molecule has 2 aromatic carbocycles. The number of imidazole rings is 1. The lowest BCUT2D eigenvalue weighted by Crippen LogP contribution is -2.14. The van der Waals surface area contributed by atoms with E-state index < -0.39 is 11.7 Å². The Kier molecular flexibility index (Phi) is 6.86. The molecule has 4 aromatic rings. The maximum absolute atomic E-state index is 13.3. The number of hydrogen-bond donors (Lipinski definition) is 1. The number of halogens is 4. The van der Waals surface area contributed by atoms with Crippen molar-refractivity contribution in [3.8, 4) is 16.9 Å². The van der Waals surface area contributed by atoms with Gasteiger partial charge in [-0.1, -0.05) is 57.2 Å². The molecule has 0 spiro atoms. The Labute approximate surface area is 203 Å². The lowest BCUT2D eigenvalue weighted by molar-refractivity contribution is -0.137. The van der Waals surface area contributed by atoms with Gasteiger partial charge in [0.05, 0.1) is 23.2 Å². The number of aromatic nitrogens is 4. The van der Waals surface area contributed by atoms with E-state index in [0.717, 1.165) is 38.9 Å². The summed E-state index contributed by atoms with van der Waals surface area (Å²) in [5.74, 6) is -0.325. The number of benzene rings is 2. The van der Waals surface area contributed by atoms with E-state index in [-0.39, 0.29) is 11.7 Å². The first-order chi connectivity index (χ1) is 15.7. The molecule has 0 aliphatic rings. The minimum Gasteiger partial charge on any atom is -0.300 e. The highest BCUT2D eigenvalue weighted by atomic mass is 79.9. The molecule has 1 amide bonds. The number of aryl methyl sites for hydroxylation is 1. The van der Waals surface area contributed by atoms with Crippen molar-refractivity contribution in [2.45, 2.75) is 18.3 Å². The maximum Gasteiger partial charge on any atom is 0.416 e. The number of nitrogens with one attached hydrogen (secondary N) is 1. The van der Waals surface area contributed by atoms with Gasteiger partial charge in [0.1, 0.15) is 5.01 Å². The summed E-state index contributed by atoms with van der Waals surface area (Å²) < 4.78 is 42.5. The second-order valence-corrected chi connectivity index (χ2v) is 9.82. The smallest absolute Gasteiger partial charge is 0.300 e. The average molecular weight is 554 g/mol. The fraction of sp³-hybridized carbons (Fsp3) is 0.143. The molecule has 0 fully saturated rings. The lowest BCUT2D eigenvalue weighted by atomic mass is 10.1. The molecule has 1 N–H and O–H groups in total. The van der Waals surface area contributed by atoms with Gasteiger partial charge >= 0.3 is 6.18 Å². The zero-order valence-corrected chi connectivity index (χ0v) is 20.1. The van der Waals surface area contributed by atoms with Crippen LogP contribution in [-0.4, -0.2) is 31.4 Å². The third-order valence-corrected chi connectivity index (χ3v) is 6.64. The predicted octanol–water partition coefficient (Wildman–Crippen LogP) is 6.21. The van der Waals surface area contributed by atoms with E-state index in [1.165, 1.54) is 17.4 Å².